The van der Waals surface area contributed by atoms with E-state index in [0.717, 1.165) is 24.8 Å². The fraction of sp³-hybridized carbons (Fsp3) is 0.824. The van der Waals surface area contributed by atoms with E-state index in [9.17, 15) is 0 Å². The molecule has 3 atom stereocenters. The monoisotopic (exact) mass is 294 g/mol. The van der Waals surface area contributed by atoms with E-state index in [1.807, 2.05) is 11.3 Å². The number of nitrogens with zero attached hydrogens (tertiary/aromatic N) is 1. The van der Waals surface area contributed by atoms with Gasteiger partial charge in [-0.1, -0.05) is 34.6 Å². The van der Waals surface area contributed by atoms with Crippen molar-refractivity contribution in [3.05, 3.63) is 16.1 Å². The quantitative estimate of drug-likeness (QED) is 0.890. The van der Waals surface area contributed by atoms with Gasteiger partial charge in [-0.15, -0.1) is 11.3 Å². The fourth-order valence-electron chi connectivity index (χ4n) is 3.23. The van der Waals surface area contributed by atoms with E-state index in [1.165, 1.54) is 30.0 Å². The van der Waals surface area contributed by atoms with Crippen molar-refractivity contribution in [1.29, 1.82) is 0 Å². The van der Waals surface area contributed by atoms with E-state index in [0.29, 0.717) is 6.04 Å². The van der Waals surface area contributed by atoms with Gasteiger partial charge in [0.1, 0.15) is 0 Å². The average molecular weight is 295 g/mol. The number of rotatable bonds is 4. The topological polar surface area (TPSA) is 24.9 Å². The first-order chi connectivity index (χ1) is 9.40. The second-order valence-electron chi connectivity index (χ2n) is 7.42. The molecule has 1 aromatic heterocycles. The lowest BCUT2D eigenvalue weighted by molar-refractivity contribution is 0.214. The highest BCUT2D eigenvalue weighted by Gasteiger charge is 2.29. The van der Waals surface area contributed by atoms with Crippen molar-refractivity contribution < 1.29 is 0 Å². The molecule has 3 heteroatoms. The van der Waals surface area contributed by atoms with E-state index in [2.05, 4.69) is 45.3 Å². The molecule has 1 aromatic rings. The number of hydrogen-bond donors (Lipinski definition) is 1. The average Bonchev–Trinajstić information content (AvgIpc) is 2.81. The molecule has 0 saturated heterocycles. The maximum Gasteiger partial charge on any atom is 0.0931 e. The SMILES string of the molecule is CCNC1CCC(C)CC1Cc1nc(C(C)(C)C)cs1. The van der Waals surface area contributed by atoms with Crippen molar-refractivity contribution in [1.82, 2.24) is 10.3 Å². The van der Waals surface area contributed by atoms with Crippen LogP contribution in [0.15, 0.2) is 5.38 Å². The van der Waals surface area contributed by atoms with Crippen LogP contribution in [0, 0.1) is 11.8 Å². The van der Waals surface area contributed by atoms with Crippen molar-refractivity contribution in [2.75, 3.05) is 6.54 Å². The molecule has 0 radical (unpaired) electrons. The van der Waals surface area contributed by atoms with E-state index in [-0.39, 0.29) is 5.41 Å². The van der Waals surface area contributed by atoms with E-state index < -0.39 is 0 Å². The van der Waals surface area contributed by atoms with Crippen LogP contribution in [0.4, 0.5) is 0 Å². The van der Waals surface area contributed by atoms with Crippen LogP contribution in [0.2, 0.25) is 0 Å². The number of aromatic nitrogens is 1. The van der Waals surface area contributed by atoms with Crippen LogP contribution in [0.25, 0.3) is 0 Å². The molecule has 0 spiro atoms. The van der Waals surface area contributed by atoms with Gasteiger partial charge in [-0.2, -0.15) is 0 Å². The number of nitrogens with one attached hydrogen (secondary N) is 1. The maximum atomic E-state index is 4.89. The summed E-state index contributed by atoms with van der Waals surface area (Å²) < 4.78 is 0. The normalized spacial score (nSPS) is 27.8. The Balaban J connectivity index is 2.04. The van der Waals surface area contributed by atoms with Gasteiger partial charge in [-0.05, 0) is 37.6 Å². The van der Waals surface area contributed by atoms with Crippen LogP contribution in [0.5, 0.6) is 0 Å². The highest BCUT2D eigenvalue weighted by atomic mass is 32.1. The lowest BCUT2D eigenvalue weighted by Crippen LogP contribution is -2.41. The first kappa shape index (κ1) is 16.0. The van der Waals surface area contributed by atoms with Crippen molar-refractivity contribution in [3.63, 3.8) is 0 Å². The third-order valence-electron chi connectivity index (χ3n) is 4.47. The summed E-state index contributed by atoms with van der Waals surface area (Å²) in [5, 5.41) is 7.27. The molecule has 2 rings (SSSR count). The fourth-order valence-corrected chi connectivity index (χ4v) is 4.34. The summed E-state index contributed by atoms with van der Waals surface area (Å²) >= 11 is 1.85. The van der Waals surface area contributed by atoms with Crippen molar-refractivity contribution in [3.8, 4) is 0 Å². The lowest BCUT2D eigenvalue weighted by Gasteiger charge is -2.35. The van der Waals surface area contributed by atoms with Gasteiger partial charge in [-0.25, -0.2) is 4.98 Å². The molecular formula is C17H30N2S. The minimum absolute atomic E-state index is 0.176. The second kappa shape index (κ2) is 6.57. The second-order valence-corrected chi connectivity index (χ2v) is 8.37. The van der Waals surface area contributed by atoms with Gasteiger partial charge >= 0.3 is 0 Å². The van der Waals surface area contributed by atoms with E-state index in [4.69, 9.17) is 4.98 Å². The maximum absolute atomic E-state index is 4.89. The summed E-state index contributed by atoms with van der Waals surface area (Å²) in [6.45, 7) is 12.4. The summed E-state index contributed by atoms with van der Waals surface area (Å²) in [5.74, 6) is 1.63. The molecule has 1 N–H and O–H groups in total. The van der Waals surface area contributed by atoms with Crippen LogP contribution < -0.4 is 5.32 Å². The van der Waals surface area contributed by atoms with Crippen LogP contribution in [-0.4, -0.2) is 17.6 Å². The standard InChI is InChI=1S/C17H30N2S/c1-6-18-14-8-7-12(2)9-13(14)10-16-19-15(11-20-16)17(3,4)5/h11-14,18H,6-10H2,1-5H3. The smallest absolute Gasteiger partial charge is 0.0931 e. The van der Waals surface area contributed by atoms with Crippen LogP contribution >= 0.6 is 11.3 Å². The summed E-state index contributed by atoms with van der Waals surface area (Å²) in [7, 11) is 0. The highest BCUT2D eigenvalue weighted by Crippen LogP contribution is 2.33. The zero-order chi connectivity index (χ0) is 14.8. The van der Waals surface area contributed by atoms with Gasteiger partial charge in [0.2, 0.25) is 0 Å². The van der Waals surface area contributed by atoms with Gasteiger partial charge < -0.3 is 5.32 Å². The minimum atomic E-state index is 0.176. The Kier molecular flexibility index (Phi) is 5.25. The Morgan fingerprint density at radius 1 is 1.35 bits per heavy atom. The molecule has 1 heterocycles. The molecule has 0 amide bonds. The first-order valence-electron chi connectivity index (χ1n) is 8.08. The Morgan fingerprint density at radius 2 is 2.10 bits per heavy atom. The van der Waals surface area contributed by atoms with E-state index in [1.54, 1.807) is 0 Å². The molecule has 0 bridgehead atoms. The number of hydrogen-bond acceptors (Lipinski definition) is 3. The Hall–Kier alpha value is -0.410. The predicted molar refractivity (Wildman–Crippen MR) is 88.5 cm³/mol. The summed E-state index contributed by atoms with van der Waals surface area (Å²) in [6.07, 6.45) is 5.21. The summed E-state index contributed by atoms with van der Waals surface area (Å²) in [6, 6.07) is 0.693. The molecule has 1 fully saturated rings. The largest absolute Gasteiger partial charge is 0.314 e. The molecule has 3 unspecified atom stereocenters. The van der Waals surface area contributed by atoms with Gasteiger partial charge in [0.15, 0.2) is 0 Å². The summed E-state index contributed by atoms with van der Waals surface area (Å²) in [4.78, 5) is 4.89. The van der Waals surface area contributed by atoms with Gasteiger partial charge in [0.25, 0.3) is 0 Å². The van der Waals surface area contributed by atoms with Crippen LogP contribution in [-0.2, 0) is 11.8 Å². The molecule has 1 saturated carbocycles. The minimum Gasteiger partial charge on any atom is -0.314 e. The lowest BCUT2D eigenvalue weighted by atomic mass is 9.77. The van der Waals surface area contributed by atoms with Crippen molar-refractivity contribution in [2.45, 2.75) is 71.8 Å². The Bertz CT molecular complexity index is 419. The molecule has 0 aliphatic heterocycles. The Labute approximate surface area is 128 Å². The van der Waals surface area contributed by atoms with Crippen LogP contribution in [0.1, 0.15) is 64.6 Å². The first-order valence-corrected chi connectivity index (χ1v) is 8.96. The molecule has 0 aromatic carbocycles. The van der Waals surface area contributed by atoms with Gasteiger partial charge in [0.05, 0.1) is 10.7 Å². The van der Waals surface area contributed by atoms with Crippen molar-refractivity contribution >= 4 is 11.3 Å². The van der Waals surface area contributed by atoms with Gasteiger partial charge in [0, 0.05) is 23.3 Å². The summed E-state index contributed by atoms with van der Waals surface area (Å²) in [5.41, 5.74) is 1.43. The molecule has 114 valence electrons. The number of thiazole rings is 1. The Morgan fingerprint density at radius 3 is 2.70 bits per heavy atom. The predicted octanol–water partition coefficient (Wildman–Crippen LogP) is 4.40. The zero-order valence-corrected chi connectivity index (χ0v) is 14.5. The van der Waals surface area contributed by atoms with Crippen LogP contribution in [0.3, 0.4) is 0 Å². The molecule has 1 aliphatic rings. The van der Waals surface area contributed by atoms with Crippen molar-refractivity contribution in [2.24, 2.45) is 11.8 Å². The third kappa shape index (κ3) is 4.05. The van der Waals surface area contributed by atoms with Gasteiger partial charge in [-0.3, -0.25) is 0 Å². The molecule has 1 aliphatic carbocycles. The molecular weight excluding hydrogens is 264 g/mol. The third-order valence-corrected chi connectivity index (χ3v) is 5.34. The molecule has 20 heavy (non-hydrogen) atoms. The molecule has 2 nitrogen and oxygen atoms in total. The zero-order valence-electron chi connectivity index (χ0n) is 13.7. The van der Waals surface area contributed by atoms with E-state index >= 15 is 0 Å². The highest BCUT2D eigenvalue weighted by molar-refractivity contribution is 7.09.